The summed E-state index contributed by atoms with van der Waals surface area (Å²) >= 11 is 0. The molecular weight excluding hydrogens is 592 g/mol. The van der Waals surface area contributed by atoms with E-state index in [0.29, 0.717) is 34.5 Å². The normalized spacial score (nSPS) is 18.4. The van der Waals surface area contributed by atoms with E-state index >= 15 is 0 Å². The first kappa shape index (κ1) is 30.6. The lowest BCUT2D eigenvalue weighted by Crippen LogP contribution is -2.27. The van der Waals surface area contributed by atoms with Crippen molar-refractivity contribution in [2.75, 3.05) is 70.0 Å². The van der Waals surface area contributed by atoms with Gasteiger partial charge in [0.15, 0.2) is 0 Å². The number of anilines is 4. The minimum absolute atomic E-state index is 0.0131. The maximum absolute atomic E-state index is 13.4. The first-order valence-corrected chi connectivity index (χ1v) is 16.1. The first-order chi connectivity index (χ1) is 21.5. The highest BCUT2D eigenvalue weighted by molar-refractivity contribution is 7.89. The van der Waals surface area contributed by atoms with Crippen LogP contribution in [0.5, 0.6) is 5.75 Å². The third-order valence-corrected chi connectivity index (χ3v) is 10.5. The van der Waals surface area contributed by atoms with E-state index in [2.05, 4.69) is 39.0 Å². The Hall–Kier alpha value is -4.46. The Balaban J connectivity index is 1.43. The molecule has 236 valence electrons. The van der Waals surface area contributed by atoms with Crippen LogP contribution in [0.4, 0.5) is 23.0 Å². The monoisotopic (exact) mass is 630 g/mol. The van der Waals surface area contributed by atoms with Gasteiger partial charge in [-0.25, -0.2) is 22.7 Å². The molecular formula is C32H38N8O4S. The number of aromatic nitrogens is 3. The fourth-order valence-electron chi connectivity index (χ4n) is 6.47. The highest BCUT2D eigenvalue weighted by atomic mass is 32.2. The average molecular weight is 631 g/mol. The number of nitrogens with zero attached hydrogens (tertiary/aromatic N) is 6. The number of hydrogen-bond acceptors (Lipinski definition) is 9. The third-order valence-electron chi connectivity index (χ3n) is 8.68. The Labute approximate surface area is 263 Å². The highest BCUT2D eigenvalue weighted by Crippen LogP contribution is 2.42. The number of benzene rings is 2. The van der Waals surface area contributed by atoms with Gasteiger partial charge in [0, 0.05) is 76.1 Å². The van der Waals surface area contributed by atoms with Gasteiger partial charge < -0.3 is 29.7 Å². The molecule has 0 aliphatic carbocycles. The smallest absolute Gasteiger partial charge is 0.247 e. The second kappa shape index (κ2) is 11.8. The maximum atomic E-state index is 13.4. The van der Waals surface area contributed by atoms with Crippen molar-refractivity contribution in [2.45, 2.75) is 4.90 Å². The summed E-state index contributed by atoms with van der Waals surface area (Å²) in [4.78, 5) is 26.3. The molecule has 2 saturated heterocycles. The quantitative estimate of drug-likeness (QED) is 0.266. The molecule has 4 heterocycles. The van der Waals surface area contributed by atoms with Crippen molar-refractivity contribution in [3.8, 4) is 17.0 Å². The number of amides is 1. The van der Waals surface area contributed by atoms with E-state index in [4.69, 9.17) is 9.72 Å². The van der Waals surface area contributed by atoms with Gasteiger partial charge in [-0.2, -0.15) is 0 Å². The van der Waals surface area contributed by atoms with Gasteiger partial charge in [-0.05, 0) is 37.1 Å². The Kier molecular flexibility index (Phi) is 8.02. The molecule has 0 unspecified atom stereocenters. The Bertz CT molecular complexity index is 1890. The average Bonchev–Trinajstić information content (AvgIpc) is 3.67. The zero-order chi connectivity index (χ0) is 32.0. The number of fused-ring (bicyclic) bond motifs is 2. The maximum Gasteiger partial charge on any atom is 0.247 e. The predicted octanol–water partition coefficient (Wildman–Crippen LogP) is 3.76. The number of ether oxygens (including phenoxy) is 1. The van der Waals surface area contributed by atoms with Crippen LogP contribution in [0.25, 0.3) is 22.2 Å². The van der Waals surface area contributed by atoms with Crippen molar-refractivity contribution in [3.63, 3.8) is 0 Å². The zero-order valence-corrected chi connectivity index (χ0v) is 26.9. The van der Waals surface area contributed by atoms with E-state index in [-0.39, 0.29) is 22.4 Å². The topological polar surface area (TPSA) is 125 Å². The molecule has 0 spiro atoms. The largest absolute Gasteiger partial charge is 0.494 e. The number of carbonyl (C=O) groups is 1. The van der Waals surface area contributed by atoms with Crippen molar-refractivity contribution in [1.29, 1.82) is 0 Å². The van der Waals surface area contributed by atoms with Gasteiger partial charge in [-0.3, -0.25) is 4.79 Å². The van der Waals surface area contributed by atoms with Gasteiger partial charge in [0.25, 0.3) is 0 Å². The molecule has 4 aromatic rings. The van der Waals surface area contributed by atoms with Crippen LogP contribution in [-0.2, 0) is 21.9 Å². The van der Waals surface area contributed by atoms with Crippen LogP contribution in [0, 0.1) is 11.8 Å². The van der Waals surface area contributed by atoms with Gasteiger partial charge in [-0.15, -0.1) is 0 Å². The van der Waals surface area contributed by atoms with E-state index < -0.39 is 10.0 Å². The number of hydrogen-bond donors (Lipinski definition) is 2. The number of likely N-dealkylation sites (tertiary alicyclic amines) is 1. The fraction of sp³-hybridized carbons (Fsp3) is 0.344. The van der Waals surface area contributed by atoms with Crippen LogP contribution >= 0.6 is 0 Å². The number of aryl methyl sites for hydroxylation is 1. The summed E-state index contributed by atoms with van der Waals surface area (Å²) in [6.45, 7) is 7.46. The molecule has 2 fully saturated rings. The molecule has 2 aliphatic heterocycles. The highest BCUT2D eigenvalue weighted by Gasteiger charge is 2.39. The number of methoxy groups -OCH3 is 1. The molecule has 13 heteroatoms. The minimum Gasteiger partial charge on any atom is -0.494 e. The van der Waals surface area contributed by atoms with Crippen LogP contribution < -0.4 is 20.3 Å². The summed E-state index contributed by atoms with van der Waals surface area (Å²) in [5, 5.41) is 7.04. The van der Waals surface area contributed by atoms with Crippen molar-refractivity contribution in [1.82, 2.24) is 23.7 Å². The molecule has 0 saturated carbocycles. The summed E-state index contributed by atoms with van der Waals surface area (Å²) in [7, 11) is 4.71. The SMILES string of the molecule is C=CC(=O)Nc1cc(Nc2ncc(S(=O)(=O)N(C)C)c(-c3cn(C)c4ccccc34)n2)c(OC)cc1N1C[C@H]2CN(C)C[C@H]2C1. The molecule has 6 rings (SSSR count). The van der Waals surface area contributed by atoms with Crippen molar-refractivity contribution >= 4 is 49.8 Å². The van der Waals surface area contributed by atoms with Gasteiger partial charge in [0.05, 0.1) is 36.1 Å². The molecule has 2 atom stereocenters. The summed E-state index contributed by atoms with van der Waals surface area (Å²) in [5.41, 5.74) is 3.82. The van der Waals surface area contributed by atoms with Gasteiger partial charge in [-0.1, -0.05) is 24.8 Å². The molecule has 2 aliphatic rings. The summed E-state index contributed by atoms with van der Waals surface area (Å²) < 4.78 is 35.7. The second-order valence-electron chi connectivity index (χ2n) is 11.9. The molecule has 2 N–H and O–H groups in total. The van der Waals surface area contributed by atoms with Crippen molar-refractivity contribution in [2.24, 2.45) is 18.9 Å². The van der Waals surface area contributed by atoms with Crippen molar-refractivity contribution < 1.29 is 17.9 Å². The van der Waals surface area contributed by atoms with E-state index in [1.807, 2.05) is 48.1 Å². The minimum atomic E-state index is -3.88. The fourth-order valence-corrected chi connectivity index (χ4v) is 7.45. The standard InChI is InChI=1S/C32H38N8O4S/c1-7-30(41)34-24-12-25(28(44-6)13-27(24)40-17-20-15-38(4)16-21(20)18-40)35-32-33-14-29(45(42,43)37(2)3)31(36-32)23-19-39(5)26-11-9-8-10-22(23)26/h7-14,19-21H,1,15-18H2,2-6H3,(H,34,41)(H,33,35,36)/t20-,21+. The number of sulfonamides is 1. The van der Waals surface area contributed by atoms with Gasteiger partial charge in [0.1, 0.15) is 10.6 Å². The van der Waals surface area contributed by atoms with E-state index in [0.717, 1.165) is 47.1 Å². The Morgan fingerprint density at radius 2 is 1.80 bits per heavy atom. The van der Waals surface area contributed by atoms with Gasteiger partial charge in [0.2, 0.25) is 21.9 Å². The number of rotatable bonds is 9. The molecule has 2 aromatic carbocycles. The lowest BCUT2D eigenvalue weighted by atomic mass is 10.0. The first-order valence-electron chi connectivity index (χ1n) is 14.7. The zero-order valence-electron chi connectivity index (χ0n) is 26.1. The Morgan fingerprint density at radius 3 is 2.47 bits per heavy atom. The van der Waals surface area contributed by atoms with E-state index in [9.17, 15) is 13.2 Å². The molecule has 1 amide bonds. The van der Waals surface area contributed by atoms with Crippen LogP contribution in [0.2, 0.25) is 0 Å². The van der Waals surface area contributed by atoms with E-state index in [1.165, 1.54) is 26.4 Å². The molecule has 0 bridgehead atoms. The van der Waals surface area contributed by atoms with E-state index in [1.54, 1.807) is 13.2 Å². The lowest BCUT2D eigenvalue weighted by Gasteiger charge is -2.26. The number of para-hydroxylation sites is 1. The van der Waals surface area contributed by atoms with Crippen LogP contribution in [-0.4, -0.2) is 92.5 Å². The number of carbonyl (C=O) groups excluding carboxylic acids is 1. The second-order valence-corrected chi connectivity index (χ2v) is 14.0. The molecule has 0 radical (unpaired) electrons. The summed E-state index contributed by atoms with van der Waals surface area (Å²) in [5.74, 6) is 1.47. The Morgan fingerprint density at radius 1 is 1.09 bits per heavy atom. The number of nitrogens with one attached hydrogen (secondary N) is 2. The summed E-state index contributed by atoms with van der Waals surface area (Å²) in [6, 6.07) is 11.4. The van der Waals surface area contributed by atoms with Crippen LogP contribution in [0.15, 0.2) is 66.3 Å². The lowest BCUT2D eigenvalue weighted by molar-refractivity contribution is -0.111. The summed E-state index contributed by atoms with van der Waals surface area (Å²) in [6.07, 6.45) is 4.42. The molecule has 2 aromatic heterocycles. The third kappa shape index (κ3) is 5.62. The van der Waals surface area contributed by atoms with Crippen LogP contribution in [0.1, 0.15) is 0 Å². The van der Waals surface area contributed by atoms with Crippen LogP contribution in [0.3, 0.4) is 0 Å². The predicted molar refractivity (Wildman–Crippen MR) is 177 cm³/mol. The molecule has 12 nitrogen and oxygen atoms in total. The van der Waals surface area contributed by atoms with Crippen molar-refractivity contribution in [3.05, 3.63) is 61.4 Å². The van der Waals surface area contributed by atoms with Gasteiger partial charge >= 0.3 is 0 Å². The molecule has 45 heavy (non-hydrogen) atoms.